The zero-order chi connectivity index (χ0) is 17.9. The summed E-state index contributed by atoms with van der Waals surface area (Å²) in [6.45, 7) is 1.65. The van der Waals surface area contributed by atoms with Gasteiger partial charge in [-0.05, 0) is 49.4 Å². The summed E-state index contributed by atoms with van der Waals surface area (Å²) in [5.74, 6) is -1.35. The van der Waals surface area contributed by atoms with Gasteiger partial charge in [0.05, 0.1) is 11.3 Å². The number of aliphatic carboxylic acids is 1. The molecule has 1 atom stereocenters. The molecule has 1 aliphatic carbocycles. The number of carboxylic acid groups (broad SMARTS) is 1. The first-order chi connectivity index (χ1) is 12.0. The monoisotopic (exact) mass is 337 g/mol. The Balaban J connectivity index is 1.69. The van der Waals surface area contributed by atoms with Gasteiger partial charge in [0.2, 0.25) is 5.91 Å². The minimum atomic E-state index is -0.854. The lowest BCUT2D eigenvalue weighted by molar-refractivity contribution is -0.138. The van der Waals surface area contributed by atoms with Gasteiger partial charge in [0.25, 0.3) is 0 Å². The van der Waals surface area contributed by atoms with Crippen molar-refractivity contribution >= 4 is 17.6 Å². The van der Waals surface area contributed by atoms with Crippen molar-refractivity contribution in [1.82, 2.24) is 0 Å². The average molecular weight is 337 g/mol. The molecule has 1 amide bonds. The third-order valence-electron chi connectivity index (χ3n) is 5.22. The summed E-state index contributed by atoms with van der Waals surface area (Å²) in [6.07, 6.45) is 3.65. The van der Waals surface area contributed by atoms with Crippen molar-refractivity contribution in [3.63, 3.8) is 0 Å². The van der Waals surface area contributed by atoms with Crippen molar-refractivity contribution < 1.29 is 14.7 Å². The second-order valence-corrected chi connectivity index (χ2v) is 6.93. The highest BCUT2D eigenvalue weighted by molar-refractivity contribution is 5.96. The van der Waals surface area contributed by atoms with Crippen LogP contribution in [-0.2, 0) is 16.0 Å². The van der Waals surface area contributed by atoms with Gasteiger partial charge < -0.3 is 10.4 Å². The lowest BCUT2D eigenvalue weighted by Crippen LogP contribution is -2.43. The Hall–Kier alpha value is -2.62. The number of carbonyl (C=O) groups is 2. The van der Waals surface area contributed by atoms with Gasteiger partial charge in [-0.2, -0.15) is 0 Å². The van der Waals surface area contributed by atoms with Gasteiger partial charge in [-0.25, -0.2) is 0 Å². The minimum Gasteiger partial charge on any atom is -0.481 e. The van der Waals surface area contributed by atoms with Crippen molar-refractivity contribution in [1.29, 1.82) is 0 Å². The number of hydrogen-bond acceptors (Lipinski definition) is 2. The topological polar surface area (TPSA) is 66.4 Å². The summed E-state index contributed by atoms with van der Waals surface area (Å²) >= 11 is 0. The van der Waals surface area contributed by atoms with E-state index in [1.165, 1.54) is 5.56 Å². The van der Waals surface area contributed by atoms with Gasteiger partial charge in [0.15, 0.2) is 0 Å². The van der Waals surface area contributed by atoms with Crippen LogP contribution in [0.25, 0.3) is 0 Å². The highest BCUT2D eigenvalue weighted by Gasteiger charge is 2.43. The fourth-order valence-corrected chi connectivity index (χ4v) is 3.34. The molecule has 130 valence electrons. The third-order valence-corrected chi connectivity index (χ3v) is 5.22. The van der Waals surface area contributed by atoms with Gasteiger partial charge in [-0.15, -0.1) is 0 Å². The van der Waals surface area contributed by atoms with E-state index in [2.05, 4.69) is 17.4 Å². The van der Waals surface area contributed by atoms with Gasteiger partial charge >= 0.3 is 5.97 Å². The van der Waals surface area contributed by atoms with Crippen LogP contribution in [0.3, 0.4) is 0 Å². The first-order valence-corrected chi connectivity index (χ1v) is 8.68. The number of anilines is 1. The highest BCUT2D eigenvalue weighted by Crippen LogP contribution is 2.44. The molecule has 0 saturated heterocycles. The van der Waals surface area contributed by atoms with E-state index in [-0.39, 0.29) is 11.3 Å². The van der Waals surface area contributed by atoms with E-state index in [0.29, 0.717) is 5.69 Å². The Kier molecular flexibility index (Phi) is 4.88. The predicted octanol–water partition coefficient (Wildman–Crippen LogP) is 4.23. The summed E-state index contributed by atoms with van der Waals surface area (Å²) in [6, 6.07) is 17.2. The molecule has 2 aromatic carbocycles. The SMILES string of the molecule is CC(C(=O)O)c1ccc(NC(=O)C2(Cc3ccccc3)CCC2)cc1. The van der Waals surface area contributed by atoms with Crippen LogP contribution < -0.4 is 5.32 Å². The number of rotatable bonds is 6. The molecule has 2 aromatic rings. The number of nitrogens with one attached hydrogen (secondary N) is 1. The van der Waals surface area contributed by atoms with Gasteiger partial charge in [0, 0.05) is 5.69 Å². The van der Waals surface area contributed by atoms with Crippen LogP contribution in [0.1, 0.15) is 43.2 Å². The Morgan fingerprint density at radius 1 is 1.08 bits per heavy atom. The highest BCUT2D eigenvalue weighted by atomic mass is 16.4. The molecular formula is C21H23NO3. The molecule has 3 rings (SSSR count). The molecule has 1 saturated carbocycles. The largest absolute Gasteiger partial charge is 0.481 e. The number of carbonyl (C=O) groups excluding carboxylic acids is 1. The second-order valence-electron chi connectivity index (χ2n) is 6.93. The predicted molar refractivity (Wildman–Crippen MR) is 97.6 cm³/mol. The fraction of sp³-hybridized carbons (Fsp3) is 0.333. The Bertz CT molecular complexity index is 748. The first-order valence-electron chi connectivity index (χ1n) is 8.68. The van der Waals surface area contributed by atoms with E-state index in [0.717, 1.165) is 31.2 Å². The molecule has 0 radical (unpaired) electrons. The molecule has 0 spiro atoms. The van der Waals surface area contributed by atoms with Crippen LogP contribution in [0.5, 0.6) is 0 Å². The smallest absolute Gasteiger partial charge is 0.310 e. The van der Waals surface area contributed by atoms with E-state index in [9.17, 15) is 9.59 Å². The van der Waals surface area contributed by atoms with Gasteiger partial charge in [-0.1, -0.05) is 48.9 Å². The van der Waals surface area contributed by atoms with Crippen LogP contribution in [0.2, 0.25) is 0 Å². The Labute approximate surface area is 147 Å². The first kappa shape index (κ1) is 17.2. The maximum atomic E-state index is 12.8. The average Bonchev–Trinajstić information content (AvgIpc) is 2.59. The second kappa shape index (κ2) is 7.09. The van der Waals surface area contributed by atoms with Crippen LogP contribution in [-0.4, -0.2) is 17.0 Å². The number of amides is 1. The van der Waals surface area contributed by atoms with E-state index in [1.807, 2.05) is 18.2 Å². The van der Waals surface area contributed by atoms with E-state index in [1.54, 1.807) is 31.2 Å². The summed E-state index contributed by atoms with van der Waals surface area (Å²) in [5, 5.41) is 12.1. The zero-order valence-electron chi connectivity index (χ0n) is 14.4. The Morgan fingerprint density at radius 2 is 1.72 bits per heavy atom. The van der Waals surface area contributed by atoms with Gasteiger partial charge in [0.1, 0.15) is 0 Å². The summed E-state index contributed by atoms with van der Waals surface area (Å²) in [4.78, 5) is 23.9. The van der Waals surface area contributed by atoms with E-state index in [4.69, 9.17) is 5.11 Å². The van der Waals surface area contributed by atoms with Crippen LogP contribution in [0.4, 0.5) is 5.69 Å². The number of hydrogen-bond donors (Lipinski definition) is 2. The van der Waals surface area contributed by atoms with Gasteiger partial charge in [-0.3, -0.25) is 9.59 Å². The normalized spacial score (nSPS) is 16.5. The van der Waals surface area contributed by atoms with Crippen LogP contribution in [0.15, 0.2) is 54.6 Å². The molecule has 25 heavy (non-hydrogen) atoms. The Morgan fingerprint density at radius 3 is 2.24 bits per heavy atom. The van der Waals surface area contributed by atoms with Crippen LogP contribution >= 0.6 is 0 Å². The molecular weight excluding hydrogens is 314 g/mol. The quantitative estimate of drug-likeness (QED) is 0.829. The molecule has 4 heteroatoms. The fourth-order valence-electron chi connectivity index (χ4n) is 3.34. The minimum absolute atomic E-state index is 0.0571. The van der Waals surface area contributed by atoms with E-state index < -0.39 is 11.9 Å². The maximum absolute atomic E-state index is 12.8. The molecule has 1 fully saturated rings. The maximum Gasteiger partial charge on any atom is 0.310 e. The van der Waals surface area contributed by atoms with Crippen molar-refractivity contribution in [3.05, 3.63) is 65.7 Å². The summed E-state index contributed by atoms with van der Waals surface area (Å²) in [7, 11) is 0. The van der Waals surface area contributed by atoms with Crippen molar-refractivity contribution in [2.75, 3.05) is 5.32 Å². The van der Waals surface area contributed by atoms with Crippen molar-refractivity contribution in [2.24, 2.45) is 5.41 Å². The van der Waals surface area contributed by atoms with E-state index >= 15 is 0 Å². The number of benzene rings is 2. The molecule has 0 heterocycles. The molecule has 0 bridgehead atoms. The van der Waals surface area contributed by atoms with Crippen molar-refractivity contribution in [2.45, 2.75) is 38.5 Å². The molecule has 4 nitrogen and oxygen atoms in total. The van der Waals surface area contributed by atoms with Crippen molar-refractivity contribution in [3.8, 4) is 0 Å². The molecule has 0 aromatic heterocycles. The van der Waals surface area contributed by atoms with Crippen LogP contribution in [0, 0.1) is 5.41 Å². The summed E-state index contributed by atoms with van der Waals surface area (Å²) < 4.78 is 0. The molecule has 0 aliphatic heterocycles. The summed E-state index contributed by atoms with van der Waals surface area (Å²) in [5.41, 5.74) is 2.30. The third kappa shape index (κ3) is 3.73. The lowest BCUT2D eigenvalue weighted by atomic mass is 9.64. The standard InChI is InChI=1S/C21H23NO3/c1-15(19(23)24)17-8-10-18(11-9-17)22-20(25)21(12-5-13-21)14-16-6-3-2-4-7-16/h2-4,6-11,15H,5,12-14H2,1H3,(H,22,25)(H,23,24). The zero-order valence-corrected chi connectivity index (χ0v) is 14.4. The molecule has 1 unspecified atom stereocenters. The molecule has 2 N–H and O–H groups in total. The molecule has 1 aliphatic rings. The number of carboxylic acids is 1. The lowest BCUT2D eigenvalue weighted by Gasteiger charge is -2.40.